The molecule has 1 amide bonds. The first-order valence-corrected chi connectivity index (χ1v) is 8.49. The summed E-state index contributed by atoms with van der Waals surface area (Å²) in [6.07, 6.45) is -0.956. The fourth-order valence-electron chi connectivity index (χ4n) is 2.51. The third-order valence-electron chi connectivity index (χ3n) is 3.73. The number of rotatable bonds is 4. The molecular weight excluding hydrogens is 361 g/mol. The molecule has 0 fully saturated rings. The van der Waals surface area contributed by atoms with Gasteiger partial charge in [-0.05, 0) is 57.0 Å². The number of hydrogen-bond acceptors (Lipinski definition) is 3. The summed E-state index contributed by atoms with van der Waals surface area (Å²) < 4.78 is 5.22. The van der Waals surface area contributed by atoms with E-state index in [0.717, 1.165) is 22.4 Å². The molecule has 0 aliphatic carbocycles. The first kappa shape index (κ1) is 19.3. The Morgan fingerprint density at radius 3 is 2.16 bits per heavy atom. The van der Waals surface area contributed by atoms with Gasteiger partial charge in [0, 0.05) is 5.69 Å². The molecule has 132 valence electrons. The van der Waals surface area contributed by atoms with Gasteiger partial charge >= 0.3 is 5.97 Å². The van der Waals surface area contributed by atoms with Crippen molar-refractivity contribution in [3.05, 3.63) is 62.6 Å². The Balaban J connectivity index is 2.07. The van der Waals surface area contributed by atoms with Gasteiger partial charge in [0.25, 0.3) is 5.91 Å². The number of nitrogens with one attached hydrogen (secondary N) is 1. The summed E-state index contributed by atoms with van der Waals surface area (Å²) in [6.45, 7) is 7.35. The second kappa shape index (κ2) is 7.89. The highest BCUT2D eigenvalue weighted by molar-refractivity contribution is 6.42. The summed E-state index contributed by atoms with van der Waals surface area (Å²) in [7, 11) is 0. The third-order valence-corrected chi connectivity index (χ3v) is 4.47. The third kappa shape index (κ3) is 4.74. The number of halogens is 2. The first-order chi connectivity index (χ1) is 11.7. The van der Waals surface area contributed by atoms with Gasteiger partial charge in [-0.15, -0.1) is 0 Å². The van der Waals surface area contributed by atoms with E-state index in [9.17, 15) is 9.59 Å². The van der Waals surface area contributed by atoms with Crippen LogP contribution in [0.5, 0.6) is 0 Å². The lowest BCUT2D eigenvalue weighted by Crippen LogP contribution is -2.30. The number of carbonyl (C=O) groups is 2. The van der Waals surface area contributed by atoms with Crippen LogP contribution in [0.2, 0.25) is 10.0 Å². The summed E-state index contributed by atoms with van der Waals surface area (Å²) >= 11 is 11.7. The summed E-state index contributed by atoms with van der Waals surface area (Å²) in [5.41, 5.74) is 3.99. The number of anilines is 1. The Hall–Kier alpha value is -2.04. The molecule has 0 aliphatic heterocycles. The van der Waals surface area contributed by atoms with Crippen LogP contribution in [-0.2, 0) is 9.53 Å². The van der Waals surface area contributed by atoms with Crippen molar-refractivity contribution in [3.8, 4) is 0 Å². The molecule has 0 radical (unpaired) electrons. The molecule has 0 spiro atoms. The molecule has 4 nitrogen and oxygen atoms in total. The Kier molecular flexibility index (Phi) is 6.09. The predicted octanol–water partition coefficient (Wildman–Crippen LogP) is 5.10. The van der Waals surface area contributed by atoms with Gasteiger partial charge in [0.2, 0.25) is 0 Å². The minimum absolute atomic E-state index is 0.233. The maximum atomic E-state index is 12.4. The molecule has 0 unspecified atom stereocenters. The van der Waals surface area contributed by atoms with Crippen LogP contribution in [0.4, 0.5) is 5.69 Å². The highest BCUT2D eigenvalue weighted by Crippen LogP contribution is 2.24. The molecule has 0 bridgehead atoms. The lowest BCUT2D eigenvalue weighted by Gasteiger charge is -2.17. The van der Waals surface area contributed by atoms with E-state index in [2.05, 4.69) is 5.32 Å². The number of amides is 1. The molecule has 2 rings (SSSR count). The predicted molar refractivity (Wildman–Crippen MR) is 101 cm³/mol. The normalized spacial score (nSPS) is 11.8. The maximum Gasteiger partial charge on any atom is 0.338 e. The molecule has 25 heavy (non-hydrogen) atoms. The lowest BCUT2D eigenvalue weighted by molar-refractivity contribution is -0.123. The van der Waals surface area contributed by atoms with Crippen molar-refractivity contribution < 1.29 is 14.3 Å². The van der Waals surface area contributed by atoms with Crippen LogP contribution >= 0.6 is 23.2 Å². The van der Waals surface area contributed by atoms with E-state index < -0.39 is 18.0 Å². The van der Waals surface area contributed by atoms with E-state index in [4.69, 9.17) is 27.9 Å². The van der Waals surface area contributed by atoms with Gasteiger partial charge in [-0.1, -0.05) is 40.9 Å². The summed E-state index contributed by atoms with van der Waals surface area (Å²) in [6, 6.07) is 8.37. The van der Waals surface area contributed by atoms with Crippen LogP contribution in [0.3, 0.4) is 0 Å². The van der Waals surface area contributed by atoms with Gasteiger partial charge in [0.05, 0.1) is 15.6 Å². The van der Waals surface area contributed by atoms with E-state index in [1.807, 2.05) is 32.9 Å². The van der Waals surface area contributed by atoms with Crippen molar-refractivity contribution >= 4 is 40.8 Å². The molecular formula is C19H19Cl2NO3. The molecule has 0 saturated heterocycles. The molecule has 2 aromatic carbocycles. The van der Waals surface area contributed by atoms with Crippen molar-refractivity contribution in [1.29, 1.82) is 0 Å². The Morgan fingerprint density at radius 1 is 1.00 bits per heavy atom. The van der Waals surface area contributed by atoms with Crippen molar-refractivity contribution in [1.82, 2.24) is 0 Å². The Labute approximate surface area is 157 Å². The molecule has 1 N–H and O–H groups in total. The monoisotopic (exact) mass is 379 g/mol. The maximum absolute atomic E-state index is 12.4. The molecule has 1 atom stereocenters. The standard InChI is InChI=1S/C19H19Cl2NO3/c1-10-7-11(2)17(12(3)8-10)22-18(23)13(4)25-19(24)14-5-6-15(20)16(21)9-14/h5-9,13H,1-4H3,(H,22,23)/t13-/m0/s1. The zero-order chi connectivity index (χ0) is 18.7. The fraction of sp³-hybridized carbons (Fsp3) is 0.263. The van der Waals surface area contributed by atoms with Crippen LogP contribution in [-0.4, -0.2) is 18.0 Å². The van der Waals surface area contributed by atoms with Gasteiger partial charge in [0.1, 0.15) is 0 Å². The molecule has 6 heteroatoms. The second-order valence-corrected chi connectivity index (χ2v) is 6.75. The van der Waals surface area contributed by atoms with Gasteiger partial charge in [0.15, 0.2) is 6.10 Å². The van der Waals surface area contributed by atoms with Crippen molar-refractivity contribution in [2.24, 2.45) is 0 Å². The Morgan fingerprint density at radius 2 is 1.60 bits per heavy atom. The van der Waals surface area contributed by atoms with Gasteiger partial charge in [-0.3, -0.25) is 4.79 Å². The minimum Gasteiger partial charge on any atom is -0.449 e. The number of ether oxygens (including phenoxy) is 1. The van der Waals surface area contributed by atoms with Crippen LogP contribution in [0.25, 0.3) is 0 Å². The number of carbonyl (C=O) groups excluding carboxylic acids is 2. The van der Waals surface area contributed by atoms with Crippen LogP contribution < -0.4 is 5.32 Å². The van der Waals surface area contributed by atoms with Crippen LogP contribution in [0.15, 0.2) is 30.3 Å². The summed E-state index contributed by atoms with van der Waals surface area (Å²) in [5.74, 6) is -1.04. The molecule has 0 aliphatic rings. The number of benzene rings is 2. The summed E-state index contributed by atoms with van der Waals surface area (Å²) in [5, 5.41) is 3.41. The van der Waals surface area contributed by atoms with E-state index >= 15 is 0 Å². The van der Waals surface area contributed by atoms with Crippen LogP contribution in [0, 0.1) is 20.8 Å². The summed E-state index contributed by atoms with van der Waals surface area (Å²) in [4.78, 5) is 24.5. The quantitative estimate of drug-likeness (QED) is 0.751. The number of aryl methyl sites for hydroxylation is 3. The SMILES string of the molecule is Cc1cc(C)c(NC(=O)[C@H](C)OC(=O)c2ccc(Cl)c(Cl)c2)c(C)c1. The smallest absolute Gasteiger partial charge is 0.338 e. The molecule has 0 heterocycles. The number of esters is 1. The fourth-order valence-corrected chi connectivity index (χ4v) is 2.81. The van der Waals surface area contributed by atoms with Crippen molar-refractivity contribution in [3.63, 3.8) is 0 Å². The zero-order valence-corrected chi connectivity index (χ0v) is 16.0. The largest absolute Gasteiger partial charge is 0.449 e. The number of hydrogen-bond donors (Lipinski definition) is 1. The second-order valence-electron chi connectivity index (χ2n) is 5.94. The van der Waals surface area contributed by atoms with E-state index in [1.54, 1.807) is 0 Å². The highest BCUT2D eigenvalue weighted by Gasteiger charge is 2.20. The zero-order valence-electron chi connectivity index (χ0n) is 14.4. The molecule has 0 aromatic heterocycles. The van der Waals surface area contributed by atoms with Crippen molar-refractivity contribution in [2.75, 3.05) is 5.32 Å². The van der Waals surface area contributed by atoms with Gasteiger partial charge in [-0.2, -0.15) is 0 Å². The van der Waals surface area contributed by atoms with Crippen molar-refractivity contribution in [2.45, 2.75) is 33.8 Å². The van der Waals surface area contributed by atoms with E-state index in [1.165, 1.54) is 25.1 Å². The van der Waals surface area contributed by atoms with E-state index in [0.29, 0.717) is 5.02 Å². The average Bonchev–Trinajstić information content (AvgIpc) is 2.53. The van der Waals surface area contributed by atoms with E-state index in [-0.39, 0.29) is 10.6 Å². The molecule has 2 aromatic rings. The lowest BCUT2D eigenvalue weighted by atomic mass is 10.0. The van der Waals surface area contributed by atoms with Gasteiger partial charge in [-0.25, -0.2) is 4.79 Å². The van der Waals surface area contributed by atoms with Gasteiger partial charge < -0.3 is 10.1 Å². The average molecular weight is 380 g/mol. The molecule has 0 saturated carbocycles. The topological polar surface area (TPSA) is 55.4 Å². The first-order valence-electron chi connectivity index (χ1n) is 7.73. The van der Waals surface area contributed by atoms with Crippen LogP contribution in [0.1, 0.15) is 34.0 Å². The Bertz CT molecular complexity index is 810. The highest BCUT2D eigenvalue weighted by atomic mass is 35.5. The minimum atomic E-state index is -0.956.